The first-order valence-corrected chi connectivity index (χ1v) is 7.42. The van der Waals surface area contributed by atoms with Crippen molar-refractivity contribution in [2.75, 3.05) is 42.3 Å². The van der Waals surface area contributed by atoms with Crippen LogP contribution in [0.15, 0.2) is 0 Å². The molecule has 0 spiro atoms. The Balaban J connectivity index is 3.49. The summed E-state index contributed by atoms with van der Waals surface area (Å²) in [6.45, 7) is 6.68. The van der Waals surface area contributed by atoms with Crippen LogP contribution in [0, 0.1) is 13.8 Å². The molecule has 21 heavy (non-hydrogen) atoms. The van der Waals surface area contributed by atoms with Crippen LogP contribution in [0.3, 0.4) is 0 Å². The number of hydrogen-bond acceptors (Lipinski definition) is 4. The van der Waals surface area contributed by atoms with E-state index in [4.69, 9.17) is 0 Å². The minimum Gasteiger partial charge on any atom is -0.507 e. The predicted molar refractivity (Wildman–Crippen MR) is 89.8 cm³/mol. The summed E-state index contributed by atoms with van der Waals surface area (Å²) < 4.78 is 0. The smallest absolute Gasteiger partial charge is 0.125 e. The second-order valence-corrected chi connectivity index (χ2v) is 6.75. The Kier molecular flexibility index (Phi) is 6.20. The number of hydrogen-bond donors (Lipinski definition) is 1. The van der Waals surface area contributed by atoms with E-state index in [1.54, 1.807) is 0 Å². The van der Waals surface area contributed by atoms with Crippen LogP contribution in [0.1, 0.15) is 27.8 Å². The average Bonchev–Trinajstić information content (AvgIpc) is 2.35. The van der Waals surface area contributed by atoms with E-state index in [0.29, 0.717) is 5.75 Å². The molecule has 0 bridgehead atoms. The summed E-state index contributed by atoms with van der Waals surface area (Å²) in [6.07, 6.45) is 0. The average molecular weight is 293 g/mol. The van der Waals surface area contributed by atoms with Gasteiger partial charge < -0.3 is 19.8 Å². The molecule has 0 radical (unpaired) electrons. The summed E-state index contributed by atoms with van der Waals surface area (Å²) in [5.41, 5.74) is 5.88. The van der Waals surface area contributed by atoms with Crippen LogP contribution in [-0.4, -0.2) is 62.1 Å². The van der Waals surface area contributed by atoms with Gasteiger partial charge in [0.2, 0.25) is 0 Å². The van der Waals surface area contributed by atoms with Gasteiger partial charge in [-0.15, -0.1) is 0 Å². The first kappa shape index (κ1) is 18.0. The van der Waals surface area contributed by atoms with Crippen LogP contribution in [-0.2, 0) is 19.6 Å². The molecule has 1 rings (SSSR count). The summed E-state index contributed by atoms with van der Waals surface area (Å²) >= 11 is 0. The van der Waals surface area contributed by atoms with E-state index < -0.39 is 0 Å². The Morgan fingerprint density at radius 2 is 0.905 bits per heavy atom. The Hall–Kier alpha value is -1.10. The lowest BCUT2D eigenvalue weighted by atomic mass is 9.90. The van der Waals surface area contributed by atoms with Crippen molar-refractivity contribution in [1.82, 2.24) is 14.7 Å². The molecule has 0 aromatic heterocycles. The van der Waals surface area contributed by atoms with Crippen molar-refractivity contribution in [2.45, 2.75) is 33.5 Å². The number of aromatic hydroxyl groups is 1. The Labute approximate surface area is 130 Å². The maximum atomic E-state index is 10.7. The highest BCUT2D eigenvalue weighted by molar-refractivity contribution is 5.54. The highest BCUT2D eigenvalue weighted by Gasteiger charge is 2.20. The SMILES string of the molecule is Cc1c(CN(C)C)c(C)c(CN(C)C)c(O)c1CN(C)C. The number of nitrogens with zero attached hydrogens (tertiary/aromatic N) is 3. The Morgan fingerprint density at radius 1 is 0.619 bits per heavy atom. The van der Waals surface area contributed by atoms with Gasteiger partial charge in [0.1, 0.15) is 5.75 Å². The van der Waals surface area contributed by atoms with Gasteiger partial charge in [0.25, 0.3) is 0 Å². The molecule has 120 valence electrons. The van der Waals surface area contributed by atoms with Crippen molar-refractivity contribution in [3.05, 3.63) is 27.8 Å². The molecule has 0 atom stereocenters. The number of benzene rings is 1. The molecule has 0 aliphatic carbocycles. The molecule has 1 aromatic carbocycles. The monoisotopic (exact) mass is 293 g/mol. The highest BCUT2D eigenvalue weighted by atomic mass is 16.3. The zero-order valence-corrected chi connectivity index (χ0v) is 14.9. The van der Waals surface area contributed by atoms with Crippen LogP contribution in [0.5, 0.6) is 5.75 Å². The van der Waals surface area contributed by atoms with Gasteiger partial charge in [-0.3, -0.25) is 0 Å². The van der Waals surface area contributed by atoms with Crippen LogP contribution >= 0.6 is 0 Å². The maximum absolute atomic E-state index is 10.7. The fraction of sp³-hybridized carbons (Fsp3) is 0.647. The van der Waals surface area contributed by atoms with Crippen molar-refractivity contribution in [1.29, 1.82) is 0 Å². The van der Waals surface area contributed by atoms with Gasteiger partial charge in [0, 0.05) is 30.8 Å². The van der Waals surface area contributed by atoms with E-state index in [0.717, 1.165) is 30.8 Å². The summed E-state index contributed by atoms with van der Waals surface area (Å²) in [6, 6.07) is 0. The second-order valence-electron chi connectivity index (χ2n) is 6.75. The molecular formula is C17H31N3O. The van der Waals surface area contributed by atoms with Crippen molar-refractivity contribution < 1.29 is 5.11 Å². The predicted octanol–water partition coefficient (Wildman–Crippen LogP) is 2.19. The van der Waals surface area contributed by atoms with Crippen molar-refractivity contribution in [3.63, 3.8) is 0 Å². The first-order valence-electron chi connectivity index (χ1n) is 7.42. The van der Waals surface area contributed by atoms with Gasteiger partial charge in [-0.2, -0.15) is 0 Å². The van der Waals surface area contributed by atoms with Gasteiger partial charge in [0.05, 0.1) is 0 Å². The molecule has 0 aliphatic heterocycles. The molecule has 0 fully saturated rings. The topological polar surface area (TPSA) is 30.0 Å². The molecule has 0 amide bonds. The molecule has 4 nitrogen and oxygen atoms in total. The van der Waals surface area contributed by atoms with E-state index in [1.165, 1.54) is 16.7 Å². The van der Waals surface area contributed by atoms with Gasteiger partial charge in [-0.1, -0.05) is 0 Å². The maximum Gasteiger partial charge on any atom is 0.125 e. The summed E-state index contributed by atoms with van der Waals surface area (Å²) in [5, 5.41) is 10.7. The zero-order chi connectivity index (χ0) is 16.3. The number of phenolic OH excluding ortho intramolecular Hbond substituents is 1. The van der Waals surface area contributed by atoms with Crippen molar-refractivity contribution >= 4 is 0 Å². The quantitative estimate of drug-likeness (QED) is 0.871. The van der Waals surface area contributed by atoms with E-state index in [-0.39, 0.29) is 0 Å². The van der Waals surface area contributed by atoms with Crippen LogP contribution in [0.4, 0.5) is 0 Å². The fourth-order valence-electron chi connectivity index (χ4n) is 2.76. The van der Waals surface area contributed by atoms with Gasteiger partial charge in [0.15, 0.2) is 0 Å². The standard InChI is InChI=1S/C17H31N3O/c1-12-14(9-18(3)4)13(2)16(11-20(7)8)17(21)15(12)10-19(5)6/h21H,9-11H2,1-8H3. The minimum atomic E-state index is 0.468. The molecule has 1 N–H and O–H groups in total. The van der Waals surface area contributed by atoms with E-state index >= 15 is 0 Å². The molecule has 4 heteroatoms. The lowest BCUT2D eigenvalue weighted by Gasteiger charge is -2.25. The fourth-order valence-corrected chi connectivity index (χ4v) is 2.76. The molecule has 0 saturated heterocycles. The Bertz CT molecular complexity index is 401. The normalized spacial score (nSPS) is 12.0. The molecule has 0 heterocycles. The summed E-state index contributed by atoms with van der Waals surface area (Å²) in [5.74, 6) is 0.468. The summed E-state index contributed by atoms with van der Waals surface area (Å²) in [4.78, 5) is 6.40. The number of phenols is 1. The number of rotatable bonds is 6. The van der Waals surface area contributed by atoms with E-state index in [1.807, 2.05) is 28.2 Å². The Morgan fingerprint density at radius 3 is 1.19 bits per heavy atom. The third-order valence-corrected chi connectivity index (χ3v) is 3.81. The zero-order valence-electron chi connectivity index (χ0n) is 14.9. The molecule has 0 aliphatic rings. The van der Waals surface area contributed by atoms with Crippen molar-refractivity contribution in [3.8, 4) is 5.75 Å². The third-order valence-electron chi connectivity index (χ3n) is 3.81. The largest absolute Gasteiger partial charge is 0.507 e. The lowest BCUT2D eigenvalue weighted by molar-refractivity contribution is 0.362. The van der Waals surface area contributed by atoms with Gasteiger partial charge >= 0.3 is 0 Å². The van der Waals surface area contributed by atoms with Crippen LogP contribution in [0.2, 0.25) is 0 Å². The van der Waals surface area contributed by atoms with Crippen LogP contribution < -0.4 is 0 Å². The van der Waals surface area contributed by atoms with E-state index in [2.05, 4.69) is 42.6 Å². The van der Waals surface area contributed by atoms with Gasteiger partial charge in [-0.25, -0.2) is 0 Å². The molecule has 1 aromatic rings. The summed E-state index contributed by atoms with van der Waals surface area (Å²) in [7, 11) is 12.3. The second kappa shape index (κ2) is 7.25. The highest BCUT2D eigenvalue weighted by Crippen LogP contribution is 2.34. The molecular weight excluding hydrogens is 262 g/mol. The van der Waals surface area contributed by atoms with E-state index in [9.17, 15) is 5.11 Å². The van der Waals surface area contributed by atoms with Crippen molar-refractivity contribution in [2.24, 2.45) is 0 Å². The lowest BCUT2D eigenvalue weighted by Crippen LogP contribution is -2.20. The minimum absolute atomic E-state index is 0.468. The third kappa shape index (κ3) is 4.43. The van der Waals surface area contributed by atoms with Crippen LogP contribution in [0.25, 0.3) is 0 Å². The first-order chi connectivity index (χ1) is 9.65. The van der Waals surface area contributed by atoms with Gasteiger partial charge in [-0.05, 0) is 72.8 Å². The molecule has 0 saturated carbocycles. The molecule has 0 unspecified atom stereocenters.